The molecule has 23 heavy (non-hydrogen) atoms. The molecule has 0 saturated carbocycles. The smallest absolute Gasteiger partial charge is 0.398 e. The van der Waals surface area contributed by atoms with E-state index in [1.54, 1.807) is 0 Å². The fraction of sp³-hybridized carbons (Fsp3) is 0.938. The molecule has 0 heterocycles. The number of carbonyl (C=O) groups is 1. The molecule has 0 spiro atoms. The van der Waals surface area contributed by atoms with Crippen LogP contribution in [0.5, 0.6) is 0 Å². The lowest BCUT2D eigenvalue weighted by atomic mass is 10.0. The van der Waals surface area contributed by atoms with E-state index in [-0.39, 0.29) is 6.42 Å². The van der Waals surface area contributed by atoms with Gasteiger partial charge in [0.05, 0.1) is 0 Å². The van der Waals surface area contributed by atoms with E-state index >= 15 is 0 Å². The molecule has 0 radical (unpaired) electrons. The highest BCUT2D eigenvalue weighted by atomic mass is 32.3. The SMILES string of the molecule is CCCCCCCCCCCCCCC(OS(=O)(=O)O)C(=O)O. The fourth-order valence-corrected chi connectivity index (χ4v) is 3.00. The molecule has 0 rings (SSSR count). The van der Waals surface area contributed by atoms with Crippen LogP contribution in [0.4, 0.5) is 0 Å². The van der Waals surface area contributed by atoms with Gasteiger partial charge in [0.25, 0.3) is 0 Å². The first-order valence-electron chi connectivity index (χ1n) is 8.75. The minimum absolute atomic E-state index is 0.0898. The summed E-state index contributed by atoms with van der Waals surface area (Å²) >= 11 is 0. The summed E-state index contributed by atoms with van der Waals surface area (Å²) in [5.74, 6) is -1.37. The van der Waals surface area contributed by atoms with Gasteiger partial charge in [-0.15, -0.1) is 0 Å². The molecule has 2 N–H and O–H groups in total. The Morgan fingerprint density at radius 3 is 1.61 bits per heavy atom. The zero-order valence-corrected chi connectivity index (χ0v) is 15.0. The van der Waals surface area contributed by atoms with Crippen molar-refractivity contribution in [2.45, 2.75) is 96.5 Å². The standard InChI is InChI=1S/C16H32O6S/c1-2-3-4-5-6-7-8-9-10-11-12-13-14-15(16(17)18)22-23(19,20)21/h15H,2-14H2,1H3,(H,17,18)(H,19,20,21). The summed E-state index contributed by atoms with van der Waals surface area (Å²) in [6.07, 6.45) is 12.5. The number of rotatable bonds is 16. The molecule has 0 aliphatic rings. The van der Waals surface area contributed by atoms with E-state index in [9.17, 15) is 13.2 Å². The molecule has 0 aromatic heterocycles. The first-order chi connectivity index (χ1) is 10.9. The van der Waals surface area contributed by atoms with E-state index in [1.165, 1.54) is 51.4 Å². The second-order valence-electron chi connectivity index (χ2n) is 6.03. The van der Waals surface area contributed by atoms with Crippen LogP contribution in [0.3, 0.4) is 0 Å². The Balaban J connectivity index is 3.48. The molecule has 1 atom stereocenters. The van der Waals surface area contributed by atoms with Crippen molar-refractivity contribution < 1.29 is 27.1 Å². The maximum Gasteiger partial charge on any atom is 0.398 e. The minimum atomic E-state index is -4.72. The van der Waals surface area contributed by atoms with Crippen molar-refractivity contribution in [1.29, 1.82) is 0 Å². The van der Waals surface area contributed by atoms with Crippen molar-refractivity contribution in [3.05, 3.63) is 0 Å². The number of unbranched alkanes of at least 4 members (excludes halogenated alkanes) is 11. The largest absolute Gasteiger partial charge is 0.479 e. The molecule has 7 heteroatoms. The van der Waals surface area contributed by atoms with Crippen molar-refractivity contribution in [3.63, 3.8) is 0 Å². The van der Waals surface area contributed by atoms with Crippen LogP contribution < -0.4 is 0 Å². The number of hydrogen-bond acceptors (Lipinski definition) is 4. The lowest BCUT2D eigenvalue weighted by molar-refractivity contribution is -0.145. The van der Waals surface area contributed by atoms with Gasteiger partial charge in [-0.1, -0.05) is 84.0 Å². The van der Waals surface area contributed by atoms with Gasteiger partial charge in [-0.25, -0.2) is 8.98 Å². The predicted octanol–water partition coefficient (Wildman–Crippen LogP) is 4.35. The van der Waals surface area contributed by atoms with Crippen LogP contribution in [0.15, 0.2) is 0 Å². The second-order valence-corrected chi connectivity index (χ2v) is 7.08. The van der Waals surface area contributed by atoms with Gasteiger partial charge in [0.2, 0.25) is 0 Å². The van der Waals surface area contributed by atoms with Gasteiger partial charge < -0.3 is 5.11 Å². The molecular formula is C16H32O6S. The quantitative estimate of drug-likeness (QED) is 0.316. The lowest BCUT2D eigenvalue weighted by Gasteiger charge is -2.10. The summed E-state index contributed by atoms with van der Waals surface area (Å²) < 4.78 is 33.7. The monoisotopic (exact) mass is 352 g/mol. The summed E-state index contributed by atoms with van der Waals surface area (Å²) in [4.78, 5) is 10.8. The van der Waals surface area contributed by atoms with E-state index in [0.29, 0.717) is 6.42 Å². The predicted molar refractivity (Wildman–Crippen MR) is 89.8 cm³/mol. The average Bonchev–Trinajstić information content (AvgIpc) is 2.45. The summed E-state index contributed by atoms with van der Waals surface area (Å²) in [5.41, 5.74) is 0. The summed E-state index contributed by atoms with van der Waals surface area (Å²) in [5, 5.41) is 8.81. The van der Waals surface area contributed by atoms with Crippen LogP contribution in [-0.2, 0) is 19.4 Å². The van der Waals surface area contributed by atoms with Gasteiger partial charge in [0.1, 0.15) is 0 Å². The van der Waals surface area contributed by atoms with E-state index in [2.05, 4.69) is 11.1 Å². The molecule has 0 aliphatic heterocycles. The van der Waals surface area contributed by atoms with E-state index in [4.69, 9.17) is 9.66 Å². The summed E-state index contributed by atoms with van der Waals surface area (Å²) in [7, 11) is -4.72. The van der Waals surface area contributed by atoms with Gasteiger partial charge in [-0.2, -0.15) is 8.42 Å². The van der Waals surface area contributed by atoms with Crippen LogP contribution in [0.1, 0.15) is 90.4 Å². The Bertz CT molecular complexity index is 393. The zero-order valence-electron chi connectivity index (χ0n) is 14.2. The van der Waals surface area contributed by atoms with E-state index in [0.717, 1.165) is 19.3 Å². The molecule has 0 aliphatic carbocycles. The number of carboxylic acid groups (broad SMARTS) is 1. The van der Waals surface area contributed by atoms with Crippen molar-refractivity contribution in [2.24, 2.45) is 0 Å². The maximum atomic E-state index is 10.8. The van der Waals surface area contributed by atoms with Gasteiger partial charge >= 0.3 is 16.4 Å². The summed E-state index contributed by atoms with van der Waals surface area (Å²) in [6.45, 7) is 2.22. The van der Waals surface area contributed by atoms with Gasteiger partial charge in [-0.05, 0) is 6.42 Å². The topological polar surface area (TPSA) is 101 Å². The highest BCUT2D eigenvalue weighted by molar-refractivity contribution is 7.80. The molecule has 138 valence electrons. The Morgan fingerprint density at radius 2 is 1.26 bits per heavy atom. The first kappa shape index (κ1) is 22.3. The van der Waals surface area contributed by atoms with Gasteiger partial charge in [-0.3, -0.25) is 4.55 Å². The highest BCUT2D eigenvalue weighted by Gasteiger charge is 2.23. The maximum absolute atomic E-state index is 10.8. The van der Waals surface area contributed by atoms with E-state index in [1.807, 2.05) is 0 Å². The van der Waals surface area contributed by atoms with Crippen molar-refractivity contribution in [2.75, 3.05) is 0 Å². The highest BCUT2D eigenvalue weighted by Crippen LogP contribution is 2.14. The van der Waals surface area contributed by atoms with Crippen LogP contribution >= 0.6 is 0 Å². The molecule has 0 bridgehead atoms. The molecule has 0 aromatic carbocycles. The van der Waals surface area contributed by atoms with Crippen LogP contribution in [0.2, 0.25) is 0 Å². The minimum Gasteiger partial charge on any atom is -0.479 e. The average molecular weight is 352 g/mol. The second kappa shape index (κ2) is 13.7. The van der Waals surface area contributed by atoms with Crippen molar-refractivity contribution >= 4 is 16.4 Å². The molecule has 0 amide bonds. The Hall–Kier alpha value is -0.660. The normalized spacial score (nSPS) is 13.1. The number of hydrogen-bond donors (Lipinski definition) is 2. The Labute approximate surface area is 140 Å². The Morgan fingerprint density at radius 1 is 0.870 bits per heavy atom. The van der Waals surface area contributed by atoms with Gasteiger partial charge in [0.15, 0.2) is 6.10 Å². The van der Waals surface area contributed by atoms with Crippen LogP contribution in [-0.4, -0.2) is 30.2 Å². The molecule has 6 nitrogen and oxygen atoms in total. The first-order valence-corrected chi connectivity index (χ1v) is 10.1. The molecule has 1 unspecified atom stereocenters. The molecular weight excluding hydrogens is 320 g/mol. The third-order valence-electron chi connectivity index (χ3n) is 3.83. The zero-order chi connectivity index (χ0) is 17.6. The number of aliphatic carboxylic acids is 1. The summed E-state index contributed by atoms with van der Waals surface area (Å²) in [6, 6.07) is 0. The third kappa shape index (κ3) is 16.0. The van der Waals surface area contributed by atoms with Crippen LogP contribution in [0, 0.1) is 0 Å². The van der Waals surface area contributed by atoms with Crippen molar-refractivity contribution in [3.8, 4) is 0 Å². The van der Waals surface area contributed by atoms with E-state index < -0.39 is 22.5 Å². The lowest BCUT2D eigenvalue weighted by Crippen LogP contribution is -2.26. The fourth-order valence-electron chi connectivity index (χ4n) is 2.53. The van der Waals surface area contributed by atoms with Gasteiger partial charge in [0, 0.05) is 0 Å². The Kier molecular flexibility index (Phi) is 13.4. The van der Waals surface area contributed by atoms with Crippen molar-refractivity contribution in [1.82, 2.24) is 0 Å². The molecule has 0 fully saturated rings. The third-order valence-corrected chi connectivity index (χ3v) is 4.31. The van der Waals surface area contributed by atoms with Crippen LogP contribution in [0.25, 0.3) is 0 Å². The molecule has 0 aromatic rings. The molecule has 0 saturated heterocycles. The number of carboxylic acids is 1.